The number of nitrogens with one attached hydrogen (secondary N) is 1. The summed E-state index contributed by atoms with van der Waals surface area (Å²) < 4.78 is 10.7. The Hall–Kier alpha value is -2.08. The molecular weight excluding hydrogens is 280 g/mol. The number of hydrogen-bond donors (Lipinski definition) is 1. The number of hydrogen-bond acceptors (Lipinski definition) is 6. The van der Waals surface area contributed by atoms with E-state index >= 15 is 0 Å². The maximum Gasteiger partial charge on any atom is 0.187 e. The van der Waals surface area contributed by atoms with Crippen LogP contribution >= 0.6 is 0 Å². The molecule has 0 saturated heterocycles. The number of aromatic nitrogens is 2. The summed E-state index contributed by atoms with van der Waals surface area (Å²) in [6, 6.07) is 3.83. The van der Waals surface area contributed by atoms with Gasteiger partial charge in [-0.15, -0.1) is 0 Å². The molecule has 6 nitrogen and oxygen atoms in total. The average Bonchev–Trinajstić information content (AvgIpc) is 2.57. The van der Waals surface area contributed by atoms with E-state index in [9.17, 15) is 0 Å². The maximum absolute atomic E-state index is 5.43. The zero-order chi connectivity index (χ0) is 15.9. The maximum atomic E-state index is 5.43. The second kappa shape index (κ2) is 7.79. The van der Waals surface area contributed by atoms with Gasteiger partial charge < -0.3 is 19.7 Å². The summed E-state index contributed by atoms with van der Waals surface area (Å²) in [7, 11) is 3.24. The lowest BCUT2D eigenvalue weighted by Crippen LogP contribution is -2.28. The van der Waals surface area contributed by atoms with Crippen LogP contribution in [0.5, 0.6) is 11.5 Å². The van der Waals surface area contributed by atoms with Gasteiger partial charge in [0.1, 0.15) is 17.7 Å². The lowest BCUT2D eigenvalue weighted by atomic mass is 10.2. The molecule has 0 bridgehead atoms. The third kappa shape index (κ3) is 3.39. The third-order valence-corrected chi connectivity index (χ3v) is 3.76. The highest BCUT2D eigenvalue weighted by molar-refractivity contribution is 5.94. The van der Waals surface area contributed by atoms with Gasteiger partial charge in [-0.25, -0.2) is 9.97 Å². The monoisotopic (exact) mass is 304 g/mol. The van der Waals surface area contributed by atoms with E-state index in [-0.39, 0.29) is 0 Å². The molecule has 0 aliphatic rings. The van der Waals surface area contributed by atoms with Gasteiger partial charge in [-0.05, 0) is 25.2 Å². The van der Waals surface area contributed by atoms with E-state index in [0.29, 0.717) is 11.5 Å². The van der Waals surface area contributed by atoms with E-state index in [4.69, 9.17) is 9.47 Å². The molecule has 0 aliphatic carbocycles. The molecule has 120 valence electrons. The zero-order valence-electron chi connectivity index (χ0n) is 13.7. The van der Waals surface area contributed by atoms with Gasteiger partial charge in [0.25, 0.3) is 0 Å². The Labute approximate surface area is 131 Å². The van der Waals surface area contributed by atoms with Crippen molar-refractivity contribution in [2.45, 2.75) is 13.8 Å². The highest BCUT2D eigenvalue weighted by Gasteiger charge is 2.13. The van der Waals surface area contributed by atoms with Crippen LogP contribution in [0.15, 0.2) is 18.5 Å². The van der Waals surface area contributed by atoms with E-state index in [0.717, 1.165) is 42.9 Å². The predicted octanol–water partition coefficient (Wildman–Crippen LogP) is 2.40. The first kappa shape index (κ1) is 16.3. The van der Waals surface area contributed by atoms with Crippen molar-refractivity contribution in [3.63, 3.8) is 0 Å². The summed E-state index contributed by atoms with van der Waals surface area (Å²) in [4.78, 5) is 11.0. The fourth-order valence-corrected chi connectivity index (χ4v) is 2.46. The van der Waals surface area contributed by atoms with Crippen LogP contribution in [0.2, 0.25) is 0 Å². The van der Waals surface area contributed by atoms with Gasteiger partial charge in [-0.2, -0.15) is 0 Å². The normalized spacial score (nSPS) is 11.0. The first-order chi connectivity index (χ1) is 10.7. The number of nitrogens with zero attached hydrogens (tertiary/aromatic N) is 3. The van der Waals surface area contributed by atoms with Gasteiger partial charge in [0.15, 0.2) is 11.5 Å². The minimum Gasteiger partial charge on any atom is -0.493 e. The Morgan fingerprint density at radius 3 is 2.50 bits per heavy atom. The Balaban J connectivity index is 2.24. The molecule has 0 spiro atoms. The lowest BCUT2D eigenvalue weighted by molar-refractivity contribution is 0.316. The SMILES string of the molecule is CCN(CC)CCNc1ncnc2c(OC)c(OC)ccc12. The topological polar surface area (TPSA) is 59.5 Å². The van der Waals surface area contributed by atoms with Crippen LogP contribution in [0.25, 0.3) is 10.9 Å². The second-order valence-corrected chi connectivity index (χ2v) is 4.87. The lowest BCUT2D eigenvalue weighted by Gasteiger charge is -2.18. The molecule has 1 aromatic heterocycles. The molecule has 0 radical (unpaired) electrons. The molecule has 0 saturated carbocycles. The number of methoxy groups -OCH3 is 2. The van der Waals surface area contributed by atoms with Crippen LogP contribution in [0, 0.1) is 0 Å². The van der Waals surface area contributed by atoms with Crippen LogP contribution in [-0.4, -0.2) is 55.3 Å². The molecule has 1 heterocycles. The molecule has 1 N–H and O–H groups in total. The fourth-order valence-electron chi connectivity index (χ4n) is 2.46. The molecule has 6 heteroatoms. The van der Waals surface area contributed by atoms with E-state index in [1.807, 2.05) is 12.1 Å². The molecule has 22 heavy (non-hydrogen) atoms. The highest BCUT2D eigenvalue weighted by Crippen LogP contribution is 2.35. The van der Waals surface area contributed by atoms with Gasteiger partial charge >= 0.3 is 0 Å². The van der Waals surface area contributed by atoms with Crippen molar-refractivity contribution in [3.05, 3.63) is 18.5 Å². The number of fused-ring (bicyclic) bond motifs is 1. The smallest absolute Gasteiger partial charge is 0.187 e. The number of benzene rings is 1. The Morgan fingerprint density at radius 2 is 1.86 bits per heavy atom. The molecule has 0 atom stereocenters. The molecule has 0 aliphatic heterocycles. The first-order valence-electron chi connectivity index (χ1n) is 7.57. The van der Waals surface area contributed by atoms with Crippen molar-refractivity contribution in [1.29, 1.82) is 0 Å². The summed E-state index contributed by atoms with van der Waals surface area (Å²) in [5.41, 5.74) is 0.752. The quantitative estimate of drug-likeness (QED) is 0.808. The summed E-state index contributed by atoms with van der Waals surface area (Å²) in [5.74, 6) is 2.12. The van der Waals surface area contributed by atoms with Crippen molar-refractivity contribution in [1.82, 2.24) is 14.9 Å². The standard InChI is InChI=1S/C16H24N4O2/c1-5-20(6-2)10-9-17-16-12-7-8-13(21-3)15(22-4)14(12)18-11-19-16/h7-8,11H,5-6,9-10H2,1-4H3,(H,17,18,19). The molecule has 1 aromatic carbocycles. The molecule has 2 rings (SSSR count). The van der Waals surface area contributed by atoms with Crippen LogP contribution in [0.4, 0.5) is 5.82 Å². The van der Waals surface area contributed by atoms with Crippen LogP contribution in [0.3, 0.4) is 0 Å². The van der Waals surface area contributed by atoms with Gasteiger partial charge in [0, 0.05) is 18.5 Å². The van der Waals surface area contributed by atoms with Crippen molar-refractivity contribution in [3.8, 4) is 11.5 Å². The molecule has 0 amide bonds. The van der Waals surface area contributed by atoms with Crippen molar-refractivity contribution in [2.75, 3.05) is 45.7 Å². The van der Waals surface area contributed by atoms with Gasteiger partial charge in [0.2, 0.25) is 0 Å². The minimum absolute atomic E-state index is 0.634. The van der Waals surface area contributed by atoms with E-state index in [2.05, 4.69) is 34.0 Å². The van der Waals surface area contributed by atoms with Crippen LogP contribution in [-0.2, 0) is 0 Å². The number of rotatable bonds is 8. The number of likely N-dealkylation sites (N-methyl/N-ethyl adjacent to an activating group) is 1. The van der Waals surface area contributed by atoms with Crippen molar-refractivity contribution >= 4 is 16.7 Å². The largest absolute Gasteiger partial charge is 0.493 e. The van der Waals surface area contributed by atoms with E-state index in [1.54, 1.807) is 20.5 Å². The summed E-state index contributed by atoms with van der Waals surface area (Å²) >= 11 is 0. The van der Waals surface area contributed by atoms with Gasteiger partial charge in [-0.1, -0.05) is 13.8 Å². The number of anilines is 1. The molecular formula is C16H24N4O2. The predicted molar refractivity (Wildman–Crippen MR) is 88.9 cm³/mol. The fraction of sp³-hybridized carbons (Fsp3) is 0.500. The third-order valence-electron chi connectivity index (χ3n) is 3.76. The van der Waals surface area contributed by atoms with Crippen molar-refractivity contribution in [2.24, 2.45) is 0 Å². The van der Waals surface area contributed by atoms with Gasteiger partial charge in [0.05, 0.1) is 14.2 Å². The minimum atomic E-state index is 0.634. The summed E-state index contributed by atoms with van der Waals surface area (Å²) in [6.45, 7) is 8.25. The van der Waals surface area contributed by atoms with Gasteiger partial charge in [-0.3, -0.25) is 0 Å². The van der Waals surface area contributed by atoms with Crippen LogP contribution in [0.1, 0.15) is 13.8 Å². The first-order valence-corrected chi connectivity index (χ1v) is 7.57. The van der Waals surface area contributed by atoms with Crippen LogP contribution < -0.4 is 14.8 Å². The zero-order valence-corrected chi connectivity index (χ0v) is 13.7. The average molecular weight is 304 g/mol. The summed E-state index contributed by atoms with van der Waals surface area (Å²) in [6.07, 6.45) is 1.55. The Morgan fingerprint density at radius 1 is 1.09 bits per heavy atom. The molecule has 2 aromatic rings. The molecule has 0 fully saturated rings. The Kier molecular flexibility index (Phi) is 5.77. The highest BCUT2D eigenvalue weighted by atomic mass is 16.5. The van der Waals surface area contributed by atoms with E-state index in [1.165, 1.54) is 0 Å². The van der Waals surface area contributed by atoms with Crippen molar-refractivity contribution < 1.29 is 9.47 Å². The number of ether oxygens (including phenoxy) is 2. The molecule has 0 unspecified atom stereocenters. The Bertz CT molecular complexity index is 614. The second-order valence-electron chi connectivity index (χ2n) is 4.87. The van der Waals surface area contributed by atoms with E-state index < -0.39 is 0 Å². The summed E-state index contributed by atoms with van der Waals surface area (Å²) in [5, 5.41) is 4.32.